The fraction of sp³-hybridized carbons (Fsp3) is 0.667. The molecule has 1 aromatic heterocycles. The molecule has 0 aliphatic carbocycles. The summed E-state index contributed by atoms with van der Waals surface area (Å²) in [5, 5.41) is 3.11. The Morgan fingerprint density at radius 2 is 2.09 bits per heavy atom. The molecule has 2 atom stereocenters. The Kier molecular flexibility index (Phi) is 5.17. The minimum absolute atomic E-state index is 0.0405. The van der Waals surface area contributed by atoms with Crippen LogP contribution >= 0.6 is 0 Å². The maximum Gasteiger partial charge on any atom is 0.243 e. The van der Waals surface area contributed by atoms with E-state index in [1.807, 2.05) is 19.1 Å². The van der Waals surface area contributed by atoms with Crippen molar-refractivity contribution in [1.82, 2.24) is 10.2 Å². The van der Waals surface area contributed by atoms with Crippen molar-refractivity contribution in [3.63, 3.8) is 0 Å². The largest absolute Gasteiger partial charge is 0.464 e. The van der Waals surface area contributed by atoms with E-state index in [1.54, 1.807) is 4.90 Å². The van der Waals surface area contributed by atoms with Gasteiger partial charge < -0.3 is 14.6 Å². The third-order valence-electron chi connectivity index (χ3n) is 4.43. The Hall–Kier alpha value is -1.78. The second-order valence-electron chi connectivity index (χ2n) is 7.34. The van der Waals surface area contributed by atoms with Crippen LogP contribution < -0.4 is 5.32 Å². The van der Waals surface area contributed by atoms with Gasteiger partial charge in [-0.05, 0) is 30.4 Å². The molecule has 0 unspecified atom stereocenters. The third kappa shape index (κ3) is 3.95. The summed E-state index contributed by atoms with van der Waals surface area (Å²) >= 11 is 0. The summed E-state index contributed by atoms with van der Waals surface area (Å²) in [6.07, 6.45) is 2.42. The fourth-order valence-electron chi connectivity index (χ4n) is 3.11. The van der Waals surface area contributed by atoms with Gasteiger partial charge in [0.2, 0.25) is 11.8 Å². The molecule has 23 heavy (non-hydrogen) atoms. The lowest BCUT2D eigenvalue weighted by atomic mass is 9.85. The van der Waals surface area contributed by atoms with Crippen LogP contribution in [0.5, 0.6) is 0 Å². The molecule has 0 radical (unpaired) electrons. The molecule has 0 saturated carbocycles. The van der Waals surface area contributed by atoms with E-state index in [9.17, 15) is 9.59 Å². The van der Waals surface area contributed by atoms with Crippen molar-refractivity contribution in [1.29, 1.82) is 0 Å². The molecule has 0 aromatic carbocycles. The van der Waals surface area contributed by atoms with Gasteiger partial charge >= 0.3 is 0 Å². The van der Waals surface area contributed by atoms with Crippen molar-refractivity contribution >= 4 is 11.8 Å². The zero-order chi connectivity index (χ0) is 17.2. The molecule has 1 N–H and O–H groups in total. The normalized spacial score (nSPS) is 19.7. The highest BCUT2D eigenvalue weighted by atomic mass is 16.3. The topological polar surface area (TPSA) is 62.6 Å². The van der Waals surface area contributed by atoms with E-state index < -0.39 is 0 Å². The van der Waals surface area contributed by atoms with Gasteiger partial charge in [0.1, 0.15) is 17.6 Å². The van der Waals surface area contributed by atoms with E-state index >= 15 is 0 Å². The summed E-state index contributed by atoms with van der Waals surface area (Å²) in [5.74, 6) is 1.55. The maximum absolute atomic E-state index is 12.7. The first-order chi connectivity index (χ1) is 10.7. The monoisotopic (exact) mass is 320 g/mol. The van der Waals surface area contributed by atoms with Crippen LogP contribution in [0, 0.1) is 5.41 Å². The molecule has 2 amide bonds. The van der Waals surface area contributed by atoms with Crippen LogP contribution in [0.3, 0.4) is 0 Å². The van der Waals surface area contributed by atoms with Gasteiger partial charge in [0.15, 0.2) is 0 Å². The van der Waals surface area contributed by atoms with Crippen molar-refractivity contribution in [3.05, 3.63) is 23.7 Å². The van der Waals surface area contributed by atoms with Crippen LogP contribution in [0.2, 0.25) is 0 Å². The van der Waals surface area contributed by atoms with E-state index in [1.165, 1.54) is 6.92 Å². The summed E-state index contributed by atoms with van der Waals surface area (Å²) in [4.78, 5) is 26.1. The third-order valence-corrected chi connectivity index (χ3v) is 4.43. The summed E-state index contributed by atoms with van der Waals surface area (Å²) in [5.41, 5.74) is -0.182. The molecule has 1 aliphatic heterocycles. The average molecular weight is 320 g/mol. The number of carbonyl (C=O) groups is 2. The number of nitrogens with one attached hydrogen (secondary N) is 1. The van der Waals surface area contributed by atoms with Crippen molar-refractivity contribution in [2.75, 3.05) is 6.54 Å². The number of amides is 2. The van der Waals surface area contributed by atoms with E-state index in [0.29, 0.717) is 6.54 Å². The molecule has 0 spiro atoms. The minimum atomic E-state index is -0.363. The number of nitrogens with zero attached hydrogens (tertiary/aromatic N) is 1. The fourth-order valence-corrected chi connectivity index (χ4v) is 3.11. The molecular weight excluding hydrogens is 292 g/mol. The molecule has 5 heteroatoms. The van der Waals surface area contributed by atoms with E-state index in [0.717, 1.165) is 30.8 Å². The number of rotatable bonds is 4. The first-order valence-electron chi connectivity index (χ1n) is 8.40. The molecule has 1 fully saturated rings. The Morgan fingerprint density at radius 3 is 2.61 bits per heavy atom. The van der Waals surface area contributed by atoms with Gasteiger partial charge in [-0.1, -0.05) is 27.7 Å². The zero-order valence-electron chi connectivity index (χ0n) is 14.8. The van der Waals surface area contributed by atoms with Gasteiger partial charge in [0.25, 0.3) is 0 Å². The zero-order valence-corrected chi connectivity index (χ0v) is 14.8. The molecule has 128 valence electrons. The maximum atomic E-state index is 12.7. The predicted octanol–water partition coefficient (Wildman–Crippen LogP) is 3.06. The Bertz CT molecular complexity index is 571. The summed E-state index contributed by atoms with van der Waals surface area (Å²) in [6, 6.07) is 3.31. The predicted molar refractivity (Wildman–Crippen MR) is 88.8 cm³/mol. The van der Waals surface area contributed by atoms with Gasteiger partial charge in [-0.2, -0.15) is 0 Å². The van der Waals surface area contributed by atoms with Gasteiger partial charge in [0.05, 0.1) is 6.04 Å². The Balaban J connectivity index is 2.18. The van der Waals surface area contributed by atoms with Crippen LogP contribution in [0.25, 0.3) is 0 Å². The highest BCUT2D eigenvalue weighted by Crippen LogP contribution is 2.34. The van der Waals surface area contributed by atoms with Crippen molar-refractivity contribution in [3.8, 4) is 0 Å². The lowest BCUT2D eigenvalue weighted by Gasteiger charge is -2.32. The Labute approximate surface area is 138 Å². The molecule has 2 rings (SSSR count). The van der Waals surface area contributed by atoms with Crippen LogP contribution in [-0.2, 0) is 16.0 Å². The molecule has 1 aliphatic rings. The summed E-state index contributed by atoms with van der Waals surface area (Å²) in [6.45, 7) is 10.4. The highest BCUT2D eigenvalue weighted by Gasteiger charge is 2.37. The average Bonchev–Trinajstić information content (AvgIpc) is 3.11. The molecule has 1 saturated heterocycles. The van der Waals surface area contributed by atoms with E-state index in [2.05, 4.69) is 26.1 Å². The second-order valence-corrected chi connectivity index (χ2v) is 7.34. The first kappa shape index (κ1) is 17.6. The molecule has 5 nitrogen and oxygen atoms in total. The standard InChI is InChI=1S/C18H28N2O3/c1-6-13-9-10-15(23-13)16(18(3,4)5)19-17(22)14-8-7-11-20(14)12(2)21/h9-10,14,16H,6-8,11H2,1-5H3,(H,19,22)/t14-,16-/m0/s1. The van der Waals surface area contributed by atoms with E-state index in [-0.39, 0.29) is 29.3 Å². The van der Waals surface area contributed by atoms with E-state index in [4.69, 9.17) is 4.42 Å². The molecule has 1 aromatic rings. The van der Waals surface area contributed by atoms with Crippen molar-refractivity contribution < 1.29 is 14.0 Å². The van der Waals surface area contributed by atoms with Crippen LogP contribution in [0.4, 0.5) is 0 Å². The number of hydrogen-bond donors (Lipinski definition) is 1. The lowest BCUT2D eigenvalue weighted by molar-refractivity contribution is -0.137. The van der Waals surface area contributed by atoms with Crippen molar-refractivity contribution in [2.24, 2.45) is 5.41 Å². The van der Waals surface area contributed by atoms with Gasteiger partial charge in [-0.3, -0.25) is 9.59 Å². The lowest BCUT2D eigenvalue weighted by Crippen LogP contribution is -2.48. The first-order valence-corrected chi connectivity index (χ1v) is 8.40. The van der Waals surface area contributed by atoms with Crippen molar-refractivity contribution in [2.45, 2.75) is 66.0 Å². The molecule has 2 heterocycles. The second kappa shape index (κ2) is 6.77. The minimum Gasteiger partial charge on any atom is -0.464 e. The Morgan fingerprint density at radius 1 is 1.39 bits per heavy atom. The number of furan rings is 1. The van der Waals surface area contributed by atoms with Crippen LogP contribution in [0.1, 0.15) is 65.0 Å². The van der Waals surface area contributed by atoms with Crippen LogP contribution in [-0.4, -0.2) is 29.3 Å². The quantitative estimate of drug-likeness (QED) is 0.927. The van der Waals surface area contributed by atoms with Gasteiger partial charge in [0, 0.05) is 19.9 Å². The van der Waals surface area contributed by atoms with Gasteiger partial charge in [-0.25, -0.2) is 0 Å². The van der Waals surface area contributed by atoms with Gasteiger partial charge in [-0.15, -0.1) is 0 Å². The number of aryl methyl sites for hydroxylation is 1. The number of likely N-dealkylation sites (tertiary alicyclic amines) is 1. The highest BCUT2D eigenvalue weighted by molar-refractivity contribution is 5.87. The summed E-state index contributed by atoms with van der Waals surface area (Å²) in [7, 11) is 0. The number of hydrogen-bond acceptors (Lipinski definition) is 3. The molecule has 0 bridgehead atoms. The molecular formula is C18H28N2O3. The van der Waals surface area contributed by atoms with Crippen LogP contribution in [0.15, 0.2) is 16.5 Å². The SMILES string of the molecule is CCc1ccc([C@H](NC(=O)[C@@H]2CCCN2C(C)=O)C(C)(C)C)o1. The summed E-state index contributed by atoms with van der Waals surface area (Å²) < 4.78 is 5.86. The number of carbonyl (C=O) groups excluding carboxylic acids is 2. The smallest absolute Gasteiger partial charge is 0.243 e.